The van der Waals surface area contributed by atoms with Gasteiger partial charge in [-0.05, 0) is 34.9 Å². The fourth-order valence-corrected chi connectivity index (χ4v) is 1.89. The molecule has 2 aromatic rings. The highest BCUT2D eigenvalue weighted by atomic mass is 14.9. The number of rotatable bonds is 2. The molecule has 0 radical (unpaired) electrons. The van der Waals surface area contributed by atoms with Gasteiger partial charge >= 0.3 is 0 Å². The Bertz CT molecular complexity index is 477. The third-order valence-corrected chi connectivity index (χ3v) is 3.55. The summed E-state index contributed by atoms with van der Waals surface area (Å²) in [6.45, 7) is 6.85. The monoisotopic (exact) mass is 201 g/mol. The lowest BCUT2D eigenvalue weighted by Gasteiger charge is -2.23. The normalized spacial score (nSPS) is 12.3. The van der Waals surface area contributed by atoms with E-state index in [2.05, 4.69) is 62.8 Å². The van der Waals surface area contributed by atoms with Crippen LogP contribution in [0.1, 0.15) is 32.8 Å². The first-order valence-corrected chi connectivity index (χ1v) is 5.60. The summed E-state index contributed by atoms with van der Waals surface area (Å²) in [5, 5.41) is 1.33. The van der Waals surface area contributed by atoms with Gasteiger partial charge in [-0.1, -0.05) is 32.9 Å². The van der Waals surface area contributed by atoms with Gasteiger partial charge < -0.3 is 4.57 Å². The molecule has 2 rings (SSSR count). The van der Waals surface area contributed by atoms with E-state index in [1.54, 1.807) is 0 Å². The SMILES string of the molecule is CCC(C)(C)c1ccc2ccn(C)c2c1. The Kier molecular flexibility index (Phi) is 2.34. The van der Waals surface area contributed by atoms with Crippen molar-refractivity contribution >= 4 is 10.9 Å². The molecule has 1 heterocycles. The quantitative estimate of drug-likeness (QED) is 0.695. The molecule has 0 aliphatic rings. The van der Waals surface area contributed by atoms with Crippen LogP contribution in [0.5, 0.6) is 0 Å². The average Bonchev–Trinajstić information content (AvgIpc) is 2.60. The lowest BCUT2D eigenvalue weighted by Crippen LogP contribution is -2.15. The molecular formula is C14H19N. The Morgan fingerprint density at radius 2 is 1.93 bits per heavy atom. The van der Waals surface area contributed by atoms with Gasteiger partial charge in [0.2, 0.25) is 0 Å². The Labute approximate surface area is 91.7 Å². The summed E-state index contributed by atoms with van der Waals surface area (Å²) in [7, 11) is 2.10. The minimum absolute atomic E-state index is 0.276. The van der Waals surface area contributed by atoms with Crippen molar-refractivity contribution in [1.29, 1.82) is 0 Å². The maximum Gasteiger partial charge on any atom is 0.0480 e. The summed E-state index contributed by atoms with van der Waals surface area (Å²) in [4.78, 5) is 0. The largest absolute Gasteiger partial charge is 0.351 e. The molecule has 0 amide bonds. The van der Waals surface area contributed by atoms with Crippen molar-refractivity contribution in [2.75, 3.05) is 0 Å². The first-order valence-electron chi connectivity index (χ1n) is 5.60. The van der Waals surface area contributed by atoms with Gasteiger partial charge in [-0.15, -0.1) is 0 Å². The molecule has 0 bridgehead atoms. The number of aryl methyl sites for hydroxylation is 1. The molecule has 1 nitrogen and oxygen atoms in total. The van der Waals surface area contributed by atoms with E-state index in [0.29, 0.717) is 0 Å². The molecule has 1 aromatic carbocycles. The maximum atomic E-state index is 2.32. The molecule has 1 heteroatoms. The molecule has 0 unspecified atom stereocenters. The van der Waals surface area contributed by atoms with Crippen LogP contribution in [0.2, 0.25) is 0 Å². The molecular weight excluding hydrogens is 182 g/mol. The van der Waals surface area contributed by atoms with Crippen LogP contribution in [0, 0.1) is 0 Å². The summed E-state index contributed by atoms with van der Waals surface area (Å²) in [6, 6.07) is 8.96. The average molecular weight is 201 g/mol. The van der Waals surface area contributed by atoms with Crippen molar-refractivity contribution in [3.05, 3.63) is 36.0 Å². The lowest BCUT2D eigenvalue weighted by atomic mass is 9.82. The topological polar surface area (TPSA) is 4.93 Å². The summed E-state index contributed by atoms with van der Waals surface area (Å²) >= 11 is 0. The van der Waals surface area contributed by atoms with Crippen LogP contribution >= 0.6 is 0 Å². The smallest absolute Gasteiger partial charge is 0.0480 e. The number of aromatic nitrogens is 1. The summed E-state index contributed by atoms with van der Waals surface area (Å²) < 4.78 is 2.19. The fourth-order valence-electron chi connectivity index (χ4n) is 1.89. The molecule has 15 heavy (non-hydrogen) atoms. The van der Waals surface area contributed by atoms with Crippen LogP contribution in [0.15, 0.2) is 30.5 Å². The molecule has 0 atom stereocenters. The second-order valence-corrected chi connectivity index (χ2v) is 4.94. The Morgan fingerprint density at radius 3 is 2.60 bits per heavy atom. The van der Waals surface area contributed by atoms with Gasteiger partial charge in [0, 0.05) is 18.8 Å². The number of fused-ring (bicyclic) bond motifs is 1. The number of hydrogen-bond donors (Lipinski definition) is 0. The predicted molar refractivity (Wildman–Crippen MR) is 66.2 cm³/mol. The molecule has 0 saturated heterocycles. The molecule has 1 aromatic heterocycles. The first kappa shape index (κ1) is 10.3. The minimum Gasteiger partial charge on any atom is -0.351 e. The van der Waals surface area contributed by atoms with Crippen molar-refractivity contribution in [3.8, 4) is 0 Å². The third-order valence-electron chi connectivity index (χ3n) is 3.55. The molecule has 0 spiro atoms. The Hall–Kier alpha value is -1.24. The summed E-state index contributed by atoms with van der Waals surface area (Å²) in [5.41, 5.74) is 3.03. The zero-order valence-electron chi connectivity index (χ0n) is 10.0. The minimum atomic E-state index is 0.276. The highest BCUT2D eigenvalue weighted by Crippen LogP contribution is 2.29. The van der Waals surface area contributed by atoms with Crippen LogP contribution in [-0.4, -0.2) is 4.57 Å². The predicted octanol–water partition coefficient (Wildman–Crippen LogP) is 3.87. The number of nitrogens with zero attached hydrogens (tertiary/aromatic N) is 1. The molecule has 0 aliphatic carbocycles. The molecule has 0 N–H and O–H groups in total. The Morgan fingerprint density at radius 1 is 1.20 bits per heavy atom. The zero-order chi connectivity index (χ0) is 11.1. The van der Waals surface area contributed by atoms with Gasteiger partial charge in [-0.25, -0.2) is 0 Å². The van der Waals surface area contributed by atoms with Crippen LogP contribution in [0.25, 0.3) is 10.9 Å². The van der Waals surface area contributed by atoms with E-state index in [4.69, 9.17) is 0 Å². The molecule has 0 fully saturated rings. The Balaban J connectivity index is 2.59. The zero-order valence-corrected chi connectivity index (χ0v) is 10.0. The number of benzene rings is 1. The highest BCUT2D eigenvalue weighted by Gasteiger charge is 2.18. The van der Waals surface area contributed by atoms with Crippen LogP contribution in [0.3, 0.4) is 0 Å². The highest BCUT2D eigenvalue weighted by molar-refractivity contribution is 5.81. The van der Waals surface area contributed by atoms with E-state index >= 15 is 0 Å². The van der Waals surface area contributed by atoms with Crippen molar-refractivity contribution in [1.82, 2.24) is 4.57 Å². The lowest BCUT2D eigenvalue weighted by molar-refractivity contribution is 0.506. The van der Waals surface area contributed by atoms with Crippen LogP contribution < -0.4 is 0 Å². The molecule has 0 saturated carbocycles. The van der Waals surface area contributed by atoms with Gasteiger partial charge in [0.05, 0.1) is 0 Å². The second-order valence-electron chi connectivity index (χ2n) is 4.94. The van der Waals surface area contributed by atoms with Crippen molar-refractivity contribution < 1.29 is 0 Å². The summed E-state index contributed by atoms with van der Waals surface area (Å²) in [5.74, 6) is 0. The standard InChI is InChI=1S/C14H19N/c1-5-14(2,3)12-7-6-11-8-9-15(4)13(11)10-12/h6-10H,5H2,1-4H3. The van der Waals surface area contributed by atoms with E-state index in [0.717, 1.165) is 0 Å². The van der Waals surface area contributed by atoms with Gasteiger partial charge in [0.25, 0.3) is 0 Å². The van der Waals surface area contributed by atoms with E-state index in [1.165, 1.54) is 22.9 Å². The van der Waals surface area contributed by atoms with E-state index < -0.39 is 0 Å². The second kappa shape index (κ2) is 3.41. The van der Waals surface area contributed by atoms with Crippen LogP contribution in [-0.2, 0) is 12.5 Å². The number of hydrogen-bond acceptors (Lipinski definition) is 0. The first-order chi connectivity index (χ1) is 7.04. The van der Waals surface area contributed by atoms with Gasteiger partial charge in [0.15, 0.2) is 0 Å². The van der Waals surface area contributed by atoms with Crippen molar-refractivity contribution in [2.24, 2.45) is 7.05 Å². The third kappa shape index (κ3) is 1.67. The van der Waals surface area contributed by atoms with Gasteiger partial charge in [-0.3, -0.25) is 0 Å². The van der Waals surface area contributed by atoms with E-state index in [-0.39, 0.29) is 5.41 Å². The van der Waals surface area contributed by atoms with E-state index in [1.807, 2.05) is 0 Å². The van der Waals surface area contributed by atoms with Gasteiger partial charge in [0.1, 0.15) is 0 Å². The fraction of sp³-hybridized carbons (Fsp3) is 0.429. The maximum absolute atomic E-state index is 2.32. The van der Waals surface area contributed by atoms with Gasteiger partial charge in [-0.2, -0.15) is 0 Å². The van der Waals surface area contributed by atoms with Crippen molar-refractivity contribution in [2.45, 2.75) is 32.6 Å². The van der Waals surface area contributed by atoms with E-state index in [9.17, 15) is 0 Å². The molecule has 0 aliphatic heterocycles. The summed E-state index contributed by atoms with van der Waals surface area (Å²) in [6.07, 6.45) is 3.29. The van der Waals surface area contributed by atoms with Crippen LogP contribution in [0.4, 0.5) is 0 Å². The van der Waals surface area contributed by atoms with Crippen molar-refractivity contribution in [3.63, 3.8) is 0 Å². The molecule has 80 valence electrons.